The Kier molecular flexibility index (Phi) is 1.80. The molecule has 1 aliphatic carbocycles. The molecule has 1 aromatic carbocycles. The van der Waals surface area contributed by atoms with E-state index in [0.717, 1.165) is 5.56 Å². The van der Waals surface area contributed by atoms with Gasteiger partial charge in [-0.25, -0.2) is 0 Å². The molecule has 3 nitrogen and oxygen atoms in total. The van der Waals surface area contributed by atoms with Crippen molar-refractivity contribution in [3.05, 3.63) is 34.4 Å². The summed E-state index contributed by atoms with van der Waals surface area (Å²) in [4.78, 5) is 11.5. The zero-order chi connectivity index (χ0) is 10.1. The SMILES string of the molecule is N#Cc1ccc2c(c1C#N)C(=O)CC2. The highest BCUT2D eigenvalue weighted by atomic mass is 16.1. The van der Waals surface area contributed by atoms with Gasteiger partial charge in [-0.1, -0.05) is 6.07 Å². The van der Waals surface area contributed by atoms with Gasteiger partial charge in [0.2, 0.25) is 0 Å². The molecule has 0 heterocycles. The molecule has 14 heavy (non-hydrogen) atoms. The van der Waals surface area contributed by atoms with Crippen LogP contribution in [0.3, 0.4) is 0 Å². The predicted octanol–water partition coefficient (Wildman–Crippen LogP) is 1.56. The summed E-state index contributed by atoms with van der Waals surface area (Å²) in [7, 11) is 0. The summed E-state index contributed by atoms with van der Waals surface area (Å²) in [6.45, 7) is 0. The maximum atomic E-state index is 11.5. The first-order valence-electron chi connectivity index (χ1n) is 4.27. The average Bonchev–Trinajstić information content (AvgIpc) is 2.59. The Labute approximate surface area is 81.2 Å². The van der Waals surface area contributed by atoms with Gasteiger partial charge < -0.3 is 0 Å². The molecule has 0 unspecified atom stereocenters. The van der Waals surface area contributed by atoms with Gasteiger partial charge in [0.25, 0.3) is 0 Å². The van der Waals surface area contributed by atoms with Crippen LogP contribution in [0.1, 0.15) is 33.5 Å². The van der Waals surface area contributed by atoms with Crippen LogP contribution in [0, 0.1) is 22.7 Å². The molecular weight excluding hydrogens is 176 g/mol. The second kappa shape index (κ2) is 2.97. The third-order valence-corrected chi connectivity index (χ3v) is 2.42. The molecule has 0 atom stereocenters. The minimum Gasteiger partial charge on any atom is -0.294 e. The van der Waals surface area contributed by atoms with E-state index in [2.05, 4.69) is 0 Å². The number of hydrogen-bond donors (Lipinski definition) is 0. The zero-order valence-corrected chi connectivity index (χ0v) is 7.37. The number of nitriles is 2. The third kappa shape index (κ3) is 1.000. The van der Waals surface area contributed by atoms with Crippen LogP contribution in [0.2, 0.25) is 0 Å². The maximum Gasteiger partial charge on any atom is 0.164 e. The Morgan fingerprint density at radius 3 is 2.57 bits per heavy atom. The van der Waals surface area contributed by atoms with Crippen LogP contribution >= 0.6 is 0 Å². The first-order valence-corrected chi connectivity index (χ1v) is 4.27. The Balaban J connectivity index is 2.79. The lowest BCUT2D eigenvalue weighted by atomic mass is 9.99. The Hall–Kier alpha value is -2.13. The van der Waals surface area contributed by atoms with E-state index in [1.165, 1.54) is 0 Å². The van der Waals surface area contributed by atoms with Crippen LogP contribution < -0.4 is 0 Å². The molecule has 0 saturated carbocycles. The lowest BCUT2D eigenvalue weighted by Gasteiger charge is -2.01. The number of rotatable bonds is 0. The topological polar surface area (TPSA) is 64.7 Å². The zero-order valence-electron chi connectivity index (χ0n) is 7.37. The van der Waals surface area contributed by atoms with Gasteiger partial charge in [-0.15, -0.1) is 0 Å². The third-order valence-electron chi connectivity index (χ3n) is 2.42. The largest absolute Gasteiger partial charge is 0.294 e. The van der Waals surface area contributed by atoms with Crippen LogP contribution in [0.15, 0.2) is 12.1 Å². The highest BCUT2D eigenvalue weighted by molar-refractivity contribution is 6.03. The van der Waals surface area contributed by atoms with Gasteiger partial charge in [0.15, 0.2) is 5.78 Å². The Morgan fingerprint density at radius 1 is 1.14 bits per heavy atom. The van der Waals surface area contributed by atoms with E-state index in [1.807, 2.05) is 12.1 Å². The monoisotopic (exact) mass is 182 g/mol. The summed E-state index contributed by atoms with van der Waals surface area (Å²) in [5.74, 6) is -0.0198. The normalized spacial score (nSPS) is 13.1. The van der Waals surface area contributed by atoms with Crippen molar-refractivity contribution in [1.82, 2.24) is 0 Å². The summed E-state index contributed by atoms with van der Waals surface area (Å²) in [6.07, 6.45) is 1.15. The molecule has 1 aromatic rings. The van der Waals surface area contributed by atoms with Crippen molar-refractivity contribution in [3.63, 3.8) is 0 Å². The van der Waals surface area contributed by atoms with Crippen molar-refractivity contribution in [2.75, 3.05) is 0 Å². The Bertz CT molecular complexity index is 503. The van der Waals surface area contributed by atoms with E-state index >= 15 is 0 Å². The van der Waals surface area contributed by atoms with Crippen LogP contribution in [0.25, 0.3) is 0 Å². The predicted molar refractivity (Wildman–Crippen MR) is 48.5 cm³/mol. The molecule has 2 rings (SSSR count). The number of ketones is 1. The number of aryl methyl sites for hydroxylation is 1. The second-order valence-corrected chi connectivity index (χ2v) is 3.17. The molecule has 0 saturated heterocycles. The maximum absolute atomic E-state index is 11.5. The molecule has 3 heteroatoms. The first-order chi connectivity index (χ1) is 6.77. The smallest absolute Gasteiger partial charge is 0.164 e. The molecule has 0 bridgehead atoms. The summed E-state index contributed by atoms with van der Waals surface area (Å²) < 4.78 is 0. The second-order valence-electron chi connectivity index (χ2n) is 3.17. The van der Waals surface area contributed by atoms with Crippen LogP contribution in [0.5, 0.6) is 0 Å². The molecule has 1 aliphatic rings. The summed E-state index contributed by atoms with van der Waals surface area (Å²) in [6, 6.07) is 7.23. The van der Waals surface area contributed by atoms with Crippen molar-refractivity contribution < 1.29 is 4.79 Å². The standard InChI is InChI=1S/C11H6N2O/c12-5-8-2-1-7-3-4-10(14)11(7)9(8)6-13/h1-2H,3-4H2. The van der Waals surface area contributed by atoms with Gasteiger partial charge in [-0.2, -0.15) is 10.5 Å². The van der Waals surface area contributed by atoms with Crippen LogP contribution in [-0.2, 0) is 6.42 Å². The quantitative estimate of drug-likeness (QED) is 0.611. The highest BCUT2D eigenvalue weighted by Gasteiger charge is 2.24. The van der Waals surface area contributed by atoms with E-state index < -0.39 is 0 Å². The first kappa shape index (κ1) is 8.47. The van der Waals surface area contributed by atoms with Crippen LogP contribution in [-0.4, -0.2) is 5.78 Å². The molecule has 0 radical (unpaired) electrons. The van der Waals surface area contributed by atoms with Gasteiger partial charge in [-0.05, 0) is 18.1 Å². The number of fused-ring (bicyclic) bond motifs is 1. The fourth-order valence-electron chi connectivity index (χ4n) is 1.76. The summed E-state index contributed by atoms with van der Waals surface area (Å²) in [5.41, 5.74) is 1.89. The molecule has 0 aromatic heterocycles. The highest BCUT2D eigenvalue weighted by Crippen LogP contribution is 2.26. The van der Waals surface area contributed by atoms with Gasteiger partial charge in [0, 0.05) is 12.0 Å². The average molecular weight is 182 g/mol. The molecule has 66 valence electrons. The minimum atomic E-state index is -0.0198. The summed E-state index contributed by atoms with van der Waals surface area (Å²) in [5, 5.41) is 17.6. The number of nitrogens with zero attached hydrogens (tertiary/aromatic N) is 2. The van der Waals surface area contributed by atoms with Crippen molar-refractivity contribution in [2.24, 2.45) is 0 Å². The fraction of sp³-hybridized carbons (Fsp3) is 0.182. The number of Topliss-reactive ketones (excluding diaryl/α,β-unsaturated/α-hetero) is 1. The van der Waals surface area contributed by atoms with Crippen molar-refractivity contribution in [3.8, 4) is 12.1 Å². The molecule has 0 fully saturated rings. The number of carbonyl (C=O) groups is 1. The fourth-order valence-corrected chi connectivity index (χ4v) is 1.76. The lowest BCUT2D eigenvalue weighted by Crippen LogP contribution is -1.98. The van der Waals surface area contributed by atoms with Crippen LogP contribution in [0.4, 0.5) is 0 Å². The number of carbonyl (C=O) groups excluding carboxylic acids is 1. The lowest BCUT2D eigenvalue weighted by molar-refractivity contribution is 0.0994. The van der Waals surface area contributed by atoms with E-state index in [-0.39, 0.29) is 11.3 Å². The molecule has 0 spiro atoms. The van der Waals surface area contributed by atoms with Gasteiger partial charge in [0.05, 0.1) is 11.1 Å². The molecule has 0 N–H and O–H groups in total. The van der Waals surface area contributed by atoms with Crippen molar-refractivity contribution in [2.45, 2.75) is 12.8 Å². The van der Waals surface area contributed by atoms with Crippen molar-refractivity contribution >= 4 is 5.78 Å². The number of benzene rings is 1. The van der Waals surface area contributed by atoms with Gasteiger partial charge in [0.1, 0.15) is 12.1 Å². The van der Waals surface area contributed by atoms with Crippen molar-refractivity contribution in [1.29, 1.82) is 10.5 Å². The van der Waals surface area contributed by atoms with E-state index in [0.29, 0.717) is 24.0 Å². The molecule has 0 aliphatic heterocycles. The minimum absolute atomic E-state index is 0.0198. The van der Waals surface area contributed by atoms with Gasteiger partial charge >= 0.3 is 0 Å². The van der Waals surface area contributed by atoms with E-state index in [4.69, 9.17) is 10.5 Å². The number of hydrogen-bond acceptors (Lipinski definition) is 3. The Morgan fingerprint density at radius 2 is 1.93 bits per heavy atom. The van der Waals surface area contributed by atoms with E-state index in [9.17, 15) is 4.79 Å². The molecular formula is C11H6N2O. The van der Waals surface area contributed by atoms with E-state index in [1.54, 1.807) is 12.1 Å². The summed E-state index contributed by atoms with van der Waals surface area (Å²) >= 11 is 0. The van der Waals surface area contributed by atoms with Gasteiger partial charge in [-0.3, -0.25) is 4.79 Å². The molecule has 0 amide bonds.